The van der Waals surface area contributed by atoms with Crippen molar-refractivity contribution in [2.24, 2.45) is 0 Å². The minimum atomic E-state index is -4.37. The third-order valence-corrected chi connectivity index (χ3v) is 22.8. The van der Waals surface area contributed by atoms with E-state index in [1.807, 2.05) is 57.3 Å². The van der Waals surface area contributed by atoms with Gasteiger partial charge in [-0.1, -0.05) is 38.1 Å². The quantitative estimate of drug-likeness (QED) is 0.104. The second-order valence-electron chi connectivity index (χ2n) is 17.0. The van der Waals surface area contributed by atoms with Crippen LogP contribution in [-0.2, 0) is 21.9 Å². The van der Waals surface area contributed by atoms with Gasteiger partial charge in [-0.3, -0.25) is 0 Å². The molecule has 0 aliphatic rings. The van der Waals surface area contributed by atoms with Crippen LogP contribution in [0.15, 0.2) is 109 Å². The summed E-state index contributed by atoms with van der Waals surface area (Å²) in [6.07, 6.45) is -2.57. The molecule has 0 fully saturated rings. The van der Waals surface area contributed by atoms with Gasteiger partial charge in [0.25, 0.3) is 0 Å². The van der Waals surface area contributed by atoms with Crippen molar-refractivity contribution in [1.82, 2.24) is 9.97 Å². The van der Waals surface area contributed by atoms with Crippen LogP contribution in [0.25, 0.3) is 21.1 Å². The largest absolute Gasteiger partial charge is 0.478 e. The van der Waals surface area contributed by atoms with Gasteiger partial charge in [0.1, 0.15) is 21.5 Å². The predicted molar refractivity (Wildman–Crippen MR) is 258 cm³/mol. The van der Waals surface area contributed by atoms with Crippen LogP contribution in [-0.4, -0.2) is 67.3 Å². The molecule has 8 nitrogen and oxygen atoms in total. The molecule has 0 bridgehead atoms. The summed E-state index contributed by atoms with van der Waals surface area (Å²) in [6, 6.07) is 21.7. The van der Waals surface area contributed by atoms with Crippen LogP contribution in [0, 0.1) is 20.8 Å². The number of carboxylic acids is 2. The smallest absolute Gasteiger partial charge is 0.416 e. The van der Waals surface area contributed by atoms with Gasteiger partial charge in [-0.25, -0.2) is 19.6 Å². The van der Waals surface area contributed by atoms with E-state index in [2.05, 4.69) is 36.3 Å². The second-order valence-corrected chi connectivity index (χ2v) is 26.8. The summed E-state index contributed by atoms with van der Waals surface area (Å²) in [5, 5.41) is 20.1. The van der Waals surface area contributed by atoms with E-state index >= 15 is 0 Å². The molecule has 2 aromatic heterocycles. The first-order chi connectivity index (χ1) is 31.0. The Bertz CT molecular complexity index is 2730. The molecule has 6 aromatic rings. The van der Waals surface area contributed by atoms with Crippen molar-refractivity contribution in [3.63, 3.8) is 0 Å². The van der Waals surface area contributed by atoms with E-state index in [1.54, 1.807) is 6.07 Å². The van der Waals surface area contributed by atoms with Crippen LogP contribution in [0.3, 0.4) is 0 Å². The Morgan fingerprint density at radius 2 is 1.01 bits per heavy atom. The highest BCUT2D eigenvalue weighted by molar-refractivity contribution is 8.34. The Morgan fingerprint density at radius 3 is 1.39 bits per heavy atom. The molecule has 0 spiro atoms. The highest BCUT2D eigenvalue weighted by atomic mass is 32.3. The number of alkyl halides is 6. The van der Waals surface area contributed by atoms with Crippen molar-refractivity contribution in [3.8, 4) is 32.6 Å². The van der Waals surface area contributed by atoms with Gasteiger partial charge in [0.15, 0.2) is 11.2 Å². The molecule has 0 saturated carbocycles. The van der Waals surface area contributed by atoms with E-state index in [9.17, 15) is 46.1 Å². The fourth-order valence-electron chi connectivity index (χ4n) is 6.63. The number of aryl methyl sites for hydroxylation is 3. The molecule has 362 valence electrons. The zero-order valence-corrected chi connectivity index (χ0v) is 42.2. The molecule has 6 rings (SSSR count). The fraction of sp³-hybridized carbons (Fsp3) is 0.347. The third kappa shape index (κ3) is 11.8. The monoisotopic (exact) mass is 1010 g/mol. The highest BCUT2D eigenvalue weighted by Gasteiger charge is 2.35. The van der Waals surface area contributed by atoms with Gasteiger partial charge in [0, 0.05) is 11.1 Å². The number of nitrogens with zero attached hydrogens (tertiary/aromatic N) is 2. The third-order valence-electron chi connectivity index (χ3n) is 11.3. The number of carbonyl (C=O) groups is 2. The van der Waals surface area contributed by atoms with Gasteiger partial charge in [-0.15, -0.1) is 22.7 Å². The van der Waals surface area contributed by atoms with Gasteiger partial charge in [0.2, 0.25) is 0 Å². The normalized spacial score (nSPS) is 15.0. The Kier molecular flexibility index (Phi) is 15.7. The van der Waals surface area contributed by atoms with Crippen LogP contribution in [0.5, 0.6) is 11.5 Å². The van der Waals surface area contributed by atoms with E-state index in [0.717, 1.165) is 70.8 Å². The Balaban J connectivity index is 0.000000251. The lowest BCUT2D eigenvalue weighted by molar-refractivity contribution is -0.152. The molecule has 0 amide bonds. The van der Waals surface area contributed by atoms with Crippen molar-refractivity contribution in [2.45, 2.75) is 104 Å². The molecule has 0 saturated heterocycles. The van der Waals surface area contributed by atoms with Crippen LogP contribution in [0.2, 0.25) is 0 Å². The molecular formula is C49H54F6N2O6S4. The number of halogens is 6. The van der Waals surface area contributed by atoms with Gasteiger partial charge in [-0.2, -0.15) is 46.4 Å². The maximum Gasteiger partial charge on any atom is 0.416 e. The van der Waals surface area contributed by atoms with Crippen molar-refractivity contribution in [1.29, 1.82) is 0 Å². The SMILES string of the molecule is CCS(C)(c1ccc(OC(C)(C)C(=O)O)c(C)c1)c1cnc(-c2ccc(C(F)(F)F)cc2)s1.CCS(C)(c1ccc(OC(C)(C)C(=O)O)c(C)c1)c1sc(-c2ccc(C(F)(F)F)cc2)nc1C. The minimum absolute atomic E-state index is 0.513. The summed E-state index contributed by atoms with van der Waals surface area (Å²) in [7, 11) is -2.93. The van der Waals surface area contributed by atoms with Crippen LogP contribution >= 0.6 is 42.7 Å². The summed E-state index contributed by atoms with van der Waals surface area (Å²) >= 11 is 3.00. The average Bonchev–Trinajstić information content (AvgIpc) is 3.92. The summed E-state index contributed by atoms with van der Waals surface area (Å²) in [4.78, 5) is 34.2. The molecule has 67 heavy (non-hydrogen) atoms. The van der Waals surface area contributed by atoms with Crippen LogP contribution in [0.4, 0.5) is 26.3 Å². The minimum Gasteiger partial charge on any atom is -0.478 e. The van der Waals surface area contributed by atoms with Gasteiger partial charge < -0.3 is 19.7 Å². The van der Waals surface area contributed by atoms with Crippen molar-refractivity contribution < 1.29 is 55.6 Å². The lowest BCUT2D eigenvalue weighted by Crippen LogP contribution is -2.38. The number of hydrogen-bond acceptors (Lipinski definition) is 8. The predicted octanol–water partition coefficient (Wildman–Crippen LogP) is 14.8. The molecule has 2 atom stereocenters. The van der Waals surface area contributed by atoms with Gasteiger partial charge >= 0.3 is 24.3 Å². The maximum absolute atomic E-state index is 12.9. The average molecular weight is 1010 g/mol. The molecule has 0 aliphatic carbocycles. The summed E-state index contributed by atoms with van der Waals surface area (Å²) < 4.78 is 91.0. The number of rotatable bonds is 14. The molecule has 0 radical (unpaired) electrons. The zero-order chi connectivity index (χ0) is 50.1. The summed E-state index contributed by atoms with van der Waals surface area (Å²) in [6.45, 7) is 15.9. The molecular weight excluding hydrogens is 955 g/mol. The Morgan fingerprint density at radius 1 is 0.612 bits per heavy atom. The lowest BCUT2D eigenvalue weighted by atomic mass is 10.1. The molecule has 18 heteroatoms. The zero-order valence-electron chi connectivity index (χ0n) is 38.9. The maximum atomic E-state index is 12.9. The van der Waals surface area contributed by atoms with Gasteiger partial charge in [-0.05, 0) is 154 Å². The van der Waals surface area contributed by atoms with Crippen molar-refractivity contribution in [2.75, 3.05) is 24.0 Å². The topological polar surface area (TPSA) is 119 Å². The molecule has 2 heterocycles. The summed E-state index contributed by atoms with van der Waals surface area (Å²) in [5.41, 5.74) is -0.225. The van der Waals surface area contributed by atoms with Gasteiger partial charge in [0.05, 0.1) is 31.4 Å². The van der Waals surface area contributed by atoms with Crippen LogP contribution < -0.4 is 9.47 Å². The van der Waals surface area contributed by atoms with E-state index in [1.165, 1.54) is 74.6 Å². The Hall–Kier alpha value is -5.04. The number of hydrogen-bond donors (Lipinski definition) is 2. The first-order valence-corrected chi connectivity index (χ1v) is 26.9. The van der Waals surface area contributed by atoms with Crippen molar-refractivity contribution >= 4 is 54.7 Å². The number of carboxylic acid groups (broad SMARTS) is 2. The highest BCUT2D eigenvalue weighted by Crippen LogP contribution is 2.64. The number of aliphatic carboxylic acids is 2. The number of ether oxygens (including phenoxy) is 2. The summed E-state index contributed by atoms with van der Waals surface area (Å²) in [5.74, 6) is 0.635. The number of thiazole rings is 2. The number of benzene rings is 4. The standard InChI is InChI=1S/C25H28F3NO3S2.C24H26F3NO3S2/c1-7-34(6,19-12-13-20(15(2)14-19)32-24(4,5)23(30)31)22-16(3)29-21(33-22)17-8-10-18(11-9-17)25(26,27)28;1-6-33(5,18-11-12-19(15(2)13-18)31-23(3,4)22(29)30)20-14-28-21(32-20)16-7-9-17(10-8-16)24(25,26)27/h8-14H,7H2,1-6H3,(H,30,31);7-14H,6H2,1-5H3,(H,29,30). The fourth-order valence-corrected chi connectivity index (χ4v) is 15.6. The van der Waals surface area contributed by atoms with E-state index in [0.29, 0.717) is 32.6 Å². The molecule has 2 N–H and O–H groups in total. The lowest BCUT2D eigenvalue weighted by Gasteiger charge is -2.35. The van der Waals surface area contributed by atoms with E-state index in [4.69, 9.17) is 9.47 Å². The van der Waals surface area contributed by atoms with E-state index in [-0.39, 0.29) is 0 Å². The van der Waals surface area contributed by atoms with Crippen molar-refractivity contribution in [3.05, 3.63) is 119 Å². The molecule has 2 unspecified atom stereocenters. The Labute approximate surface area is 398 Å². The first kappa shape index (κ1) is 52.9. The molecule has 4 aromatic carbocycles. The van der Waals surface area contributed by atoms with E-state index < -0.39 is 66.7 Å². The van der Waals surface area contributed by atoms with Crippen LogP contribution in [0.1, 0.15) is 69.5 Å². The second kappa shape index (κ2) is 19.9. The molecule has 0 aliphatic heterocycles. The first-order valence-electron chi connectivity index (χ1n) is 20.8. The number of aromatic nitrogens is 2.